The third-order valence-corrected chi connectivity index (χ3v) is 4.19. The van der Waals surface area contributed by atoms with Crippen molar-refractivity contribution in [2.75, 3.05) is 7.05 Å². The summed E-state index contributed by atoms with van der Waals surface area (Å²) in [4.78, 5) is 1.000. The van der Waals surface area contributed by atoms with Crippen LogP contribution in [0, 0.1) is 18.6 Å². The summed E-state index contributed by atoms with van der Waals surface area (Å²) in [6, 6.07) is 6.17. The molecule has 1 N–H and O–H groups in total. The molecule has 0 aliphatic carbocycles. The molecule has 0 fully saturated rings. The highest BCUT2D eigenvalue weighted by molar-refractivity contribution is 7.71. The maximum Gasteiger partial charge on any atom is 0.451 e. The second kappa shape index (κ2) is 6.45. The minimum absolute atomic E-state index is 0.0669. The lowest BCUT2D eigenvalue weighted by atomic mass is 10.1. The molecule has 8 heteroatoms. The van der Waals surface area contributed by atoms with Crippen LogP contribution in [0.5, 0.6) is 0 Å². The lowest BCUT2D eigenvalue weighted by Gasteiger charge is -2.15. The van der Waals surface area contributed by atoms with E-state index in [-0.39, 0.29) is 11.4 Å². The van der Waals surface area contributed by atoms with Gasteiger partial charge in [-0.1, -0.05) is 23.8 Å². The van der Waals surface area contributed by atoms with Gasteiger partial charge in [-0.15, -0.1) is 5.10 Å². The van der Waals surface area contributed by atoms with E-state index in [0.29, 0.717) is 6.54 Å². The van der Waals surface area contributed by atoms with Crippen LogP contribution >= 0.6 is 12.2 Å². The maximum absolute atomic E-state index is 12.9. The molecule has 23 heavy (non-hydrogen) atoms. The van der Waals surface area contributed by atoms with Crippen molar-refractivity contribution in [1.29, 1.82) is 0 Å². The van der Waals surface area contributed by atoms with Crippen molar-refractivity contribution in [3.8, 4) is 0 Å². The number of hydrogen-bond donors (Lipinski definition) is 1. The van der Waals surface area contributed by atoms with E-state index >= 15 is 0 Å². The Morgan fingerprint density at radius 1 is 1.26 bits per heavy atom. The maximum atomic E-state index is 12.9. The zero-order valence-corrected chi connectivity index (χ0v) is 14.3. The number of rotatable bonds is 4. The van der Waals surface area contributed by atoms with Crippen LogP contribution in [0.25, 0.3) is 0 Å². The summed E-state index contributed by atoms with van der Waals surface area (Å²) >= 11 is 5.06. The van der Waals surface area contributed by atoms with Crippen molar-refractivity contribution < 1.29 is 18.1 Å². The Bertz CT molecular complexity index is 761. The molecular weight excluding hydrogens is 325 g/mol. The Morgan fingerprint density at radius 3 is 2.43 bits per heavy atom. The molecule has 0 radical (unpaired) electrons. The van der Waals surface area contributed by atoms with E-state index in [1.165, 1.54) is 22.9 Å². The summed E-state index contributed by atoms with van der Waals surface area (Å²) in [6.45, 7) is 5.02. The number of halogens is 3. The smallest absolute Gasteiger partial charge is 0.315 e. The van der Waals surface area contributed by atoms with Crippen LogP contribution in [0.2, 0.25) is 0 Å². The van der Waals surface area contributed by atoms with Gasteiger partial charge in [0.15, 0.2) is 6.67 Å². The minimum atomic E-state index is -4.50. The predicted octanol–water partition coefficient (Wildman–Crippen LogP) is 2.26. The van der Waals surface area contributed by atoms with Gasteiger partial charge in [0.25, 0.3) is 0 Å². The number of nitrogens with one attached hydrogen (secondary N) is 1. The van der Waals surface area contributed by atoms with Gasteiger partial charge >= 0.3 is 6.18 Å². The molecule has 1 aromatic heterocycles. The number of alkyl halides is 3. The molecule has 2 rings (SSSR count). The number of nitrogens with zero attached hydrogens (tertiary/aromatic N) is 3. The van der Waals surface area contributed by atoms with Crippen LogP contribution in [-0.2, 0) is 26.4 Å². The fraction of sp³-hybridized carbons (Fsp3) is 0.467. The normalized spacial score (nSPS) is 13.3. The lowest BCUT2D eigenvalue weighted by Crippen LogP contribution is -3.07. The van der Waals surface area contributed by atoms with E-state index in [2.05, 4.69) is 11.2 Å². The topological polar surface area (TPSA) is 27.2 Å². The molecule has 0 amide bonds. The molecule has 0 aliphatic heterocycles. The summed E-state index contributed by atoms with van der Waals surface area (Å²) in [5.74, 6) is -0.971. The SMILES string of the molecule is Cc1ccc(C[NH+](C)Cn2nc(C(F)(F)F)n(C)c2=S)c(C)c1. The van der Waals surface area contributed by atoms with Crippen molar-refractivity contribution in [1.82, 2.24) is 14.3 Å². The number of benzene rings is 1. The Balaban J connectivity index is 2.18. The molecule has 1 unspecified atom stereocenters. The fourth-order valence-corrected chi connectivity index (χ4v) is 2.71. The fourth-order valence-electron chi connectivity index (χ4n) is 2.52. The molecule has 0 aliphatic rings. The Kier molecular flexibility index (Phi) is 4.95. The first-order valence-electron chi connectivity index (χ1n) is 7.18. The number of aryl methyl sites for hydroxylation is 2. The predicted molar refractivity (Wildman–Crippen MR) is 83.5 cm³/mol. The van der Waals surface area contributed by atoms with Crippen molar-refractivity contribution in [2.24, 2.45) is 7.05 Å². The van der Waals surface area contributed by atoms with Crippen LogP contribution in [-0.4, -0.2) is 21.4 Å². The van der Waals surface area contributed by atoms with E-state index in [9.17, 15) is 13.2 Å². The zero-order valence-electron chi connectivity index (χ0n) is 13.5. The second-order valence-corrected chi connectivity index (χ2v) is 6.25. The van der Waals surface area contributed by atoms with E-state index in [4.69, 9.17) is 12.2 Å². The summed E-state index contributed by atoms with van der Waals surface area (Å²) in [5.41, 5.74) is 3.52. The molecule has 0 bridgehead atoms. The number of aromatic nitrogens is 3. The summed E-state index contributed by atoms with van der Waals surface area (Å²) in [5, 5.41) is 3.63. The van der Waals surface area contributed by atoms with Crippen molar-refractivity contribution in [3.05, 3.63) is 45.5 Å². The van der Waals surface area contributed by atoms with Crippen LogP contribution in [0.4, 0.5) is 13.2 Å². The van der Waals surface area contributed by atoms with Crippen LogP contribution in [0.3, 0.4) is 0 Å². The zero-order chi connectivity index (χ0) is 17.4. The van der Waals surface area contributed by atoms with Gasteiger partial charge in [-0.3, -0.25) is 4.57 Å². The van der Waals surface area contributed by atoms with Gasteiger partial charge in [0.1, 0.15) is 6.54 Å². The summed E-state index contributed by atoms with van der Waals surface area (Å²) in [7, 11) is 3.19. The molecule has 1 atom stereocenters. The van der Waals surface area contributed by atoms with Gasteiger partial charge in [0.05, 0.1) is 7.05 Å². The Hall–Kier alpha value is -1.67. The number of hydrogen-bond acceptors (Lipinski definition) is 2. The number of quaternary nitrogens is 1. The quantitative estimate of drug-likeness (QED) is 0.861. The van der Waals surface area contributed by atoms with Gasteiger partial charge in [-0.05, 0) is 31.6 Å². The van der Waals surface area contributed by atoms with Crippen molar-refractivity contribution >= 4 is 12.2 Å². The van der Waals surface area contributed by atoms with Crippen molar-refractivity contribution in [3.63, 3.8) is 0 Å². The van der Waals surface area contributed by atoms with Gasteiger partial charge in [-0.2, -0.15) is 17.9 Å². The lowest BCUT2D eigenvalue weighted by molar-refractivity contribution is -0.917. The second-order valence-electron chi connectivity index (χ2n) is 5.88. The van der Waals surface area contributed by atoms with E-state index < -0.39 is 12.0 Å². The average Bonchev–Trinajstić information content (AvgIpc) is 2.70. The summed E-state index contributed by atoms with van der Waals surface area (Å²) < 4.78 is 40.8. The molecule has 0 saturated carbocycles. The van der Waals surface area contributed by atoms with Crippen LogP contribution in [0.15, 0.2) is 18.2 Å². The average molecular weight is 345 g/mol. The molecule has 4 nitrogen and oxygen atoms in total. The van der Waals surface area contributed by atoms with Crippen LogP contribution in [0.1, 0.15) is 22.5 Å². The molecule has 2 aromatic rings. The first-order chi connectivity index (χ1) is 10.6. The standard InChI is InChI=1S/C15H19F3N4S/c1-10-5-6-12(11(2)7-10)8-20(3)9-22-14(23)21(4)13(19-22)15(16,17)18/h5-7H,8-9H2,1-4H3/p+1. The van der Waals surface area contributed by atoms with E-state index in [0.717, 1.165) is 15.0 Å². The van der Waals surface area contributed by atoms with E-state index in [1.54, 1.807) is 0 Å². The van der Waals surface area contributed by atoms with Crippen molar-refractivity contribution in [2.45, 2.75) is 33.2 Å². The first-order valence-corrected chi connectivity index (χ1v) is 7.59. The highest BCUT2D eigenvalue weighted by Crippen LogP contribution is 2.27. The first kappa shape index (κ1) is 17.7. The van der Waals surface area contributed by atoms with Gasteiger partial charge in [0.2, 0.25) is 10.6 Å². The highest BCUT2D eigenvalue weighted by atomic mass is 32.1. The van der Waals surface area contributed by atoms with Gasteiger partial charge < -0.3 is 4.90 Å². The third kappa shape index (κ3) is 4.00. The molecule has 0 spiro atoms. The molecule has 1 aromatic carbocycles. The van der Waals surface area contributed by atoms with Crippen LogP contribution < -0.4 is 4.90 Å². The Morgan fingerprint density at radius 2 is 1.91 bits per heavy atom. The Labute approximate surface area is 138 Å². The highest BCUT2D eigenvalue weighted by Gasteiger charge is 2.37. The monoisotopic (exact) mass is 345 g/mol. The minimum Gasteiger partial charge on any atom is -0.315 e. The summed E-state index contributed by atoms with van der Waals surface area (Å²) in [6.07, 6.45) is -4.50. The van der Waals surface area contributed by atoms with Gasteiger partial charge in [0, 0.05) is 12.6 Å². The molecule has 0 saturated heterocycles. The largest absolute Gasteiger partial charge is 0.451 e. The third-order valence-electron chi connectivity index (χ3n) is 3.70. The van der Waals surface area contributed by atoms with E-state index in [1.807, 2.05) is 33.0 Å². The molecule has 126 valence electrons. The molecular formula is C15H20F3N4S+. The van der Waals surface area contributed by atoms with Gasteiger partial charge in [-0.25, -0.2) is 0 Å². The molecule has 1 heterocycles.